The largest absolute Gasteiger partial charge is 0.366 e. The van der Waals surface area contributed by atoms with E-state index >= 15 is 0 Å². The Hall–Kier alpha value is -1.50. The van der Waals surface area contributed by atoms with Gasteiger partial charge in [0, 0.05) is 31.0 Å². The second-order valence-corrected chi connectivity index (χ2v) is 3.76. The molecule has 0 bridgehead atoms. The van der Waals surface area contributed by atoms with Gasteiger partial charge in [0.05, 0.1) is 6.61 Å². The molecule has 3 heterocycles. The lowest BCUT2D eigenvalue weighted by atomic mass is 10.2. The van der Waals surface area contributed by atoms with Crippen molar-refractivity contribution >= 4 is 12.4 Å². The van der Waals surface area contributed by atoms with Gasteiger partial charge >= 0.3 is 0 Å². The van der Waals surface area contributed by atoms with Crippen LogP contribution < -0.4 is 5.32 Å². The maximum atomic E-state index is 5.54. The van der Waals surface area contributed by atoms with Crippen molar-refractivity contribution < 1.29 is 9.26 Å². The van der Waals surface area contributed by atoms with Gasteiger partial charge in [-0.05, 0) is 12.1 Å². The molecule has 96 valence electrons. The molecule has 0 aliphatic carbocycles. The fourth-order valence-electron chi connectivity index (χ4n) is 1.71. The molecular weight excluding hydrogens is 256 g/mol. The average molecular weight is 269 g/mol. The minimum atomic E-state index is -0.146. The fourth-order valence-corrected chi connectivity index (χ4v) is 1.71. The van der Waals surface area contributed by atoms with Crippen LogP contribution in [0.3, 0.4) is 0 Å². The van der Waals surface area contributed by atoms with Crippen LogP contribution in [-0.4, -0.2) is 34.8 Å². The molecule has 3 rings (SSSR count). The molecule has 2 aromatic heterocycles. The van der Waals surface area contributed by atoms with Gasteiger partial charge in [0.2, 0.25) is 5.82 Å². The third-order valence-electron chi connectivity index (χ3n) is 2.58. The number of aromatic nitrogens is 3. The Morgan fingerprint density at radius 1 is 1.28 bits per heavy atom. The number of halogens is 1. The molecule has 0 saturated carbocycles. The van der Waals surface area contributed by atoms with Crippen molar-refractivity contribution in [2.45, 2.75) is 6.10 Å². The fraction of sp³-hybridized carbons (Fsp3) is 0.364. The van der Waals surface area contributed by atoms with E-state index in [1.54, 1.807) is 12.4 Å². The summed E-state index contributed by atoms with van der Waals surface area (Å²) >= 11 is 0. The van der Waals surface area contributed by atoms with E-state index in [0.717, 1.165) is 12.1 Å². The van der Waals surface area contributed by atoms with E-state index in [4.69, 9.17) is 9.26 Å². The van der Waals surface area contributed by atoms with Gasteiger partial charge in [-0.15, -0.1) is 12.4 Å². The average Bonchev–Trinajstić information content (AvgIpc) is 2.90. The SMILES string of the molecule is Cl.c1cc(-c2noc([C@@H]3CNCCO3)n2)ccn1. The molecule has 7 heteroatoms. The zero-order valence-corrected chi connectivity index (χ0v) is 10.4. The second kappa shape index (κ2) is 5.90. The molecule has 0 radical (unpaired) electrons. The Kier molecular flexibility index (Phi) is 4.24. The van der Waals surface area contributed by atoms with Crippen LogP contribution in [-0.2, 0) is 4.74 Å². The van der Waals surface area contributed by atoms with Crippen LogP contribution in [0.4, 0.5) is 0 Å². The van der Waals surface area contributed by atoms with Crippen molar-refractivity contribution in [1.29, 1.82) is 0 Å². The van der Waals surface area contributed by atoms with E-state index in [1.807, 2.05) is 12.1 Å². The Balaban J connectivity index is 0.00000120. The Labute approximate surface area is 110 Å². The van der Waals surface area contributed by atoms with Crippen molar-refractivity contribution in [3.63, 3.8) is 0 Å². The van der Waals surface area contributed by atoms with Gasteiger partial charge in [-0.1, -0.05) is 5.16 Å². The quantitative estimate of drug-likeness (QED) is 0.883. The summed E-state index contributed by atoms with van der Waals surface area (Å²) in [5.41, 5.74) is 0.888. The highest BCUT2D eigenvalue weighted by atomic mass is 35.5. The summed E-state index contributed by atoms with van der Waals surface area (Å²) in [5, 5.41) is 7.16. The first kappa shape index (κ1) is 12.9. The van der Waals surface area contributed by atoms with Crippen LogP contribution in [0.2, 0.25) is 0 Å². The molecule has 1 atom stereocenters. The van der Waals surface area contributed by atoms with Gasteiger partial charge < -0.3 is 14.6 Å². The Bertz CT molecular complexity index is 485. The van der Waals surface area contributed by atoms with Gasteiger partial charge in [-0.25, -0.2) is 0 Å². The number of hydrogen-bond acceptors (Lipinski definition) is 6. The number of rotatable bonds is 2. The number of morpholine rings is 1. The maximum absolute atomic E-state index is 5.54. The van der Waals surface area contributed by atoms with Crippen LogP contribution >= 0.6 is 12.4 Å². The van der Waals surface area contributed by atoms with Gasteiger partial charge in [-0.3, -0.25) is 4.98 Å². The number of hydrogen-bond donors (Lipinski definition) is 1. The summed E-state index contributed by atoms with van der Waals surface area (Å²) in [6.45, 7) is 2.23. The Morgan fingerprint density at radius 3 is 2.83 bits per heavy atom. The molecule has 6 nitrogen and oxygen atoms in total. The van der Waals surface area contributed by atoms with Crippen molar-refractivity contribution in [3.05, 3.63) is 30.4 Å². The van der Waals surface area contributed by atoms with Crippen LogP contribution in [0.15, 0.2) is 29.0 Å². The molecule has 1 N–H and O–H groups in total. The smallest absolute Gasteiger partial charge is 0.257 e. The van der Waals surface area contributed by atoms with E-state index in [-0.39, 0.29) is 18.5 Å². The van der Waals surface area contributed by atoms with Gasteiger partial charge in [-0.2, -0.15) is 4.98 Å². The summed E-state index contributed by atoms with van der Waals surface area (Å²) in [7, 11) is 0. The van der Waals surface area contributed by atoms with Crippen LogP contribution in [0.25, 0.3) is 11.4 Å². The molecule has 1 fully saturated rings. The number of pyridine rings is 1. The molecular formula is C11H13ClN4O2. The molecule has 0 aromatic carbocycles. The van der Waals surface area contributed by atoms with Gasteiger partial charge in [0.15, 0.2) is 0 Å². The molecule has 1 aliphatic rings. The minimum Gasteiger partial charge on any atom is -0.366 e. The predicted molar refractivity (Wildman–Crippen MR) is 66.3 cm³/mol. The summed E-state index contributed by atoms with van der Waals surface area (Å²) < 4.78 is 10.8. The molecule has 2 aromatic rings. The topological polar surface area (TPSA) is 73.1 Å². The van der Waals surface area contributed by atoms with Gasteiger partial charge in [0.1, 0.15) is 6.10 Å². The lowest BCUT2D eigenvalue weighted by Gasteiger charge is -2.19. The summed E-state index contributed by atoms with van der Waals surface area (Å²) in [5.74, 6) is 1.08. The second-order valence-electron chi connectivity index (χ2n) is 3.76. The third-order valence-corrected chi connectivity index (χ3v) is 2.58. The minimum absolute atomic E-state index is 0. The third kappa shape index (κ3) is 2.66. The summed E-state index contributed by atoms with van der Waals surface area (Å²) in [4.78, 5) is 8.28. The molecule has 0 unspecified atom stereocenters. The first-order valence-electron chi connectivity index (χ1n) is 5.50. The van der Waals surface area contributed by atoms with E-state index in [0.29, 0.717) is 24.9 Å². The van der Waals surface area contributed by atoms with E-state index in [2.05, 4.69) is 20.4 Å². The Morgan fingerprint density at radius 2 is 2.11 bits per heavy atom. The van der Waals surface area contributed by atoms with Crippen molar-refractivity contribution in [2.24, 2.45) is 0 Å². The normalized spacial score (nSPS) is 19.2. The first-order valence-corrected chi connectivity index (χ1v) is 5.50. The highest BCUT2D eigenvalue weighted by molar-refractivity contribution is 5.85. The van der Waals surface area contributed by atoms with E-state index < -0.39 is 0 Å². The zero-order chi connectivity index (χ0) is 11.5. The van der Waals surface area contributed by atoms with Gasteiger partial charge in [0.25, 0.3) is 5.89 Å². The molecule has 0 spiro atoms. The standard InChI is InChI=1S/C11H12N4O2.ClH/c1-3-12-4-2-8(1)10-14-11(17-15-10)9-7-13-5-6-16-9;/h1-4,9,13H,5-7H2;1H/t9-;/m0./s1. The van der Waals surface area contributed by atoms with Crippen molar-refractivity contribution in [3.8, 4) is 11.4 Å². The number of nitrogens with one attached hydrogen (secondary N) is 1. The lowest BCUT2D eigenvalue weighted by Crippen LogP contribution is -2.33. The van der Waals surface area contributed by atoms with Crippen molar-refractivity contribution in [2.75, 3.05) is 19.7 Å². The first-order chi connectivity index (χ1) is 8.43. The van der Waals surface area contributed by atoms with Crippen LogP contribution in [0, 0.1) is 0 Å². The predicted octanol–water partition coefficient (Wildman–Crippen LogP) is 1.21. The highest BCUT2D eigenvalue weighted by Crippen LogP contribution is 2.20. The number of nitrogens with zero attached hydrogens (tertiary/aromatic N) is 3. The highest BCUT2D eigenvalue weighted by Gasteiger charge is 2.22. The maximum Gasteiger partial charge on any atom is 0.257 e. The summed E-state index contributed by atoms with van der Waals surface area (Å²) in [6.07, 6.45) is 3.25. The van der Waals surface area contributed by atoms with E-state index in [1.165, 1.54) is 0 Å². The molecule has 0 amide bonds. The molecule has 18 heavy (non-hydrogen) atoms. The van der Waals surface area contributed by atoms with E-state index in [9.17, 15) is 0 Å². The zero-order valence-electron chi connectivity index (χ0n) is 9.57. The van der Waals surface area contributed by atoms with Crippen LogP contribution in [0.5, 0.6) is 0 Å². The lowest BCUT2D eigenvalue weighted by molar-refractivity contribution is 0.00755. The van der Waals surface area contributed by atoms with Crippen molar-refractivity contribution in [1.82, 2.24) is 20.4 Å². The number of ether oxygens (including phenoxy) is 1. The molecule has 1 saturated heterocycles. The molecule has 1 aliphatic heterocycles. The summed E-state index contributed by atoms with van der Waals surface area (Å²) in [6, 6.07) is 3.68. The van der Waals surface area contributed by atoms with Crippen LogP contribution in [0.1, 0.15) is 12.0 Å². The monoisotopic (exact) mass is 268 g/mol.